The number of nitrogens with one attached hydrogen (secondary N) is 1. The topological polar surface area (TPSA) is 12.0 Å². The van der Waals surface area contributed by atoms with Crippen LogP contribution in [-0.4, -0.2) is 0 Å². The second kappa shape index (κ2) is 5.35. The summed E-state index contributed by atoms with van der Waals surface area (Å²) < 4.78 is 2.45. The van der Waals surface area contributed by atoms with Gasteiger partial charge in [-0.05, 0) is 52.5 Å². The molecule has 1 unspecified atom stereocenters. The van der Waals surface area contributed by atoms with Crippen LogP contribution in [-0.2, 0) is 0 Å². The molecule has 3 rings (SSSR count). The van der Waals surface area contributed by atoms with Gasteiger partial charge in [0, 0.05) is 19.7 Å². The predicted octanol–water partition coefficient (Wildman–Crippen LogP) is 5.84. The molecule has 96 valence electrons. The van der Waals surface area contributed by atoms with Gasteiger partial charge in [0.05, 0.1) is 6.04 Å². The molecule has 0 aliphatic rings. The molecule has 3 heteroatoms. The van der Waals surface area contributed by atoms with Gasteiger partial charge in [-0.2, -0.15) is 0 Å². The van der Waals surface area contributed by atoms with Crippen molar-refractivity contribution in [3.8, 4) is 0 Å². The summed E-state index contributed by atoms with van der Waals surface area (Å²) in [5.41, 5.74) is 1.13. The molecule has 0 bridgehead atoms. The Kier molecular flexibility index (Phi) is 3.58. The molecular weight excluding hydrogens is 318 g/mol. The van der Waals surface area contributed by atoms with Gasteiger partial charge >= 0.3 is 0 Å². The molecule has 2 aromatic carbocycles. The quantitative estimate of drug-likeness (QED) is 0.635. The lowest BCUT2D eigenvalue weighted by molar-refractivity contribution is 0.907. The Bertz CT molecular complexity index is 672. The monoisotopic (exact) mass is 331 g/mol. The highest BCUT2D eigenvalue weighted by Gasteiger charge is 2.10. The number of hydrogen-bond acceptors (Lipinski definition) is 2. The fraction of sp³-hybridized carbons (Fsp3) is 0.125. The lowest BCUT2D eigenvalue weighted by Gasteiger charge is -2.14. The second-order valence-corrected chi connectivity index (χ2v) is 6.50. The Labute approximate surface area is 125 Å². The van der Waals surface area contributed by atoms with E-state index in [1.165, 1.54) is 15.0 Å². The number of hydrogen-bond donors (Lipinski definition) is 1. The number of halogens is 1. The summed E-state index contributed by atoms with van der Waals surface area (Å²) in [5, 5.41) is 4.87. The van der Waals surface area contributed by atoms with Crippen molar-refractivity contribution in [3.05, 3.63) is 63.9 Å². The molecule has 0 saturated carbocycles. The summed E-state index contributed by atoms with van der Waals surface area (Å²) in [7, 11) is 0. The minimum atomic E-state index is 0.302. The van der Waals surface area contributed by atoms with E-state index >= 15 is 0 Å². The van der Waals surface area contributed by atoms with Crippen molar-refractivity contribution in [2.24, 2.45) is 0 Å². The van der Waals surface area contributed by atoms with Crippen LogP contribution in [0, 0.1) is 0 Å². The van der Waals surface area contributed by atoms with Crippen molar-refractivity contribution < 1.29 is 0 Å². The number of benzene rings is 2. The normalized spacial score (nSPS) is 12.5. The summed E-state index contributed by atoms with van der Waals surface area (Å²) in [6.45, 7) is 2.20. The largest absolute Gasteiger partial charge is 0.377 e. The highest BCUT2D eigenvalue weighted by Crippen LogP contribution is 2.32. The van der Waals surface area contributed by atoms with E-state index in [9.17, 15) is 0 Å². The first-order chi connectivity index (χ1) is 9.24. The van der Waals surface area contributed by atoms with Gasteiger partial charge in [-0.25, -0.2) is 0 Å². The average Bonchev–Trinajstić information content (AvgIpc) is 2.85. The van der Waals surface area contributed by atoms with Crippen LogP contribution in [0.1, 0.15) is 17.8 Å². The van der Waals surface area contributed by atoms with E-state index in [4.69, 9.17) is 0 Å². The first-order valence-corrected chi connectivity index (χ1v) is 7.84. The number of anilines is 1. The van der Waals surface area contributed by atoms with Crippen molar-refractivity contribution in [1.29, 1.82) is 0 Å². The van der Waals surface area contributed by atoms with E-state index in [-0.39, 0.29) is 0 Å². The Morgan fingerprint density at radius 1 is 1.05 bits per heavy atom. The fourth-order valence-electron chi connectivity index (χ4n) is 2.10. The second-order valence-electron chi connectivity index (χ2n) is 4.53. The minimum absolute atomic E-state index is 0.302. The molecule has 0 amide bonds. The molecule has 1 heterocycles. The van der Waals surface area contributed by atoms with Crippen LogP contribution >= 0.6 is 27.3 Å². The third kappa shape index (κ3) is 2.67. The summed E-state index contributed by atoms with van der Waals surface area (Å²) in [6.07, 6.45) is 0. The average molecular weight is 332 g/mol. The summed E-state index contributed by atoms with van der Waals surface area (Å²) in [5.74, 6) is 0. The van der Waals surface area contributed by atoms with Gasteiger partial charge in [-0.1, -0.05) is 30.3 Å². The van der Waals surface area contributed by atoms with Crippen LogP contribution in [0.3, 0.4) is 0 Å². The van der Waals surface area contributed by atoms with Gasteiger partial charge in [-0.15, -0.1) is 11.3 Å². The minimum Gasteiger partial charge on any atom is -0.377 e. The molecule has 0 radical (unpaired) electrons. The lowest BCUT2D eigenvalue weighted by atomic mass is 10.2. The maximum absolute atomic E-state index is 3.57. The van der Waals surface area contributed by atoms with Gasteiger partial charge in [0.25, 0.3) is 0 Å². The van der Waals surface area contributed by atoms with Crippen molar-refractivity contribution in [2.45, 2.75) is 13.0 Å². The number of rotatable bonds is 3. The van der Waals surface area contributed by atoms with E-state index in [0.29, 0.717) is 6.04 Å². The van der Waals surface area contributed by atoms with Crippen LogP contribution in [0.25, 0.3) is 10.1 Å². The van der Waals surface area contributed by atoms with Crippen LogP contribution in [0.2, 0.25) is 0 Å². The molecule has 0 aliphatic carbocycles. The molecule has 1 nitrogen and oxygen atoms in total. The van der Waals surface area contributed by atoms with Crippen LogP contribution in [0.4, 0.5) is 5.69 Å². The molecule has 0 spiro atoms. The maximum Gasteiger partial charge on any atom is 0.0579 e. The molecule has 1 aromatic heterocycles. The zero-order valence-corrected chi connectivity index (χ0v) is 13.0. The van der Waals surface area contributed by atoms with Gasteiger partial charge in [0.1, 0.15) is 0 Å². The molecule has 19 heavy (non-hydrogen) atoms. The zero-order valence-electron chi connectivity index (χ0n) is 10.6. The SMILES string of the molecule is CC(Nc1ccccc1Br)c1cc2ccccc2s1. The lowest BCUT2D eigenvalue weighted by Crippen LogP contribution is -2.04. The van der Waals surface area contributed by atoms with Crippen molar-refractivity contribution in [3.63, 3.8) is 0 Å². The fourth-order valence-corrected chi connectivity index (χ4v) is 3.56. The van der Waals surface area contributed by atoms with Gasteiger partial charge < -0.3 is 5.32 Å². The van der Waals surface area contributed by atoms with Gasteiger partial charge in [0.15, 0.2) is 0 Å². The number of thiophene rings is 1. The Balaban J connectivity index is 1.87. The van der Waals surface area contributed by atoms with Crippen LogP contribution in [0.5, 0.6) is 0 Å². The molecule has 0 aliphatic heterocycles. The zero-order chi connectivity index (χ0) is 13.2. The van der Waals surface area contributed by atoms with Crippen molar-refractivity contribution in [1.82, 2.24) is 0 Å². The molecule has 0 saturated heterocycles. The summed E-state index contributed by atoms with van der Waals surface area (Å²) in [4.78, 5) is 1.36. The maximum atomic E-state index is 3.57. The first-order valence-electron chi connectivity index (χ1n) is 6.23. The molecule has 3 aromatic rings. The third-order valence-electron chi connectivity index (χ3n) is 3.12. The molecule has 1 atom stereocenters. The third-order valence-corrected chi connectivity index (χ3v) is 5.11. The Hall–Kier alpha value is -1.32. The van der Waals surface area contributed by atoms with E-state index in [0.717, 1.165) is 10.2 Å². The highest BCUT2D eigenvalue weighted by molar-refractivity contribution is 9.10. The number of para-hydroxylation sites is 1. The van der Waals surface area contributed by atoms with Gasteiger partial charge in [-0.3, -0.25) is 0 Å². The number of fused-ring (bicyclic) bond motifs is 1. The van der Waals surface area contributed by atoms with Crippen LogP contribution in [0.15, 0.2) is 59.1 Å². The van der Waals surface area contributed by atoms with E-state index in [1.54, 1.807) is 0 Å². The molecule has 0 fully saturated rings. The predicted molar refractivity (Wildman–Crippen MR) is 88.0 cm³/mol. The smallest absolute Gasteiger partial charge is 0.0579 e. The standard InChI is InChI=1S/C16H14BrNS/c1-11(18-14-8-4-3-7-13(14)17)16-10-12-6-2-5-9-15(12)19-16/h2-11,18H,1H3. The van der Waals surface area contributed by atoms with Crippen LogP contribution < -0.4 is 5.32 Å². The highest BCUT2D eigenvalue weighted by atomic mass is 79.9. The summed E-state index contributed by atoms with van der Waals surface area (Å²) >= 11 is 5.43. The summed E-state index contributed by atoms with van der Waals surface area (Å²) in [6, 6.07) is 19.3. The van der Waals surface area contributed by atoms with E-state index in [2.05, 4.69) is 70.6 Å². The first kappa shape index (κ1) is 12.7. The van der Waals surface area contributed by atoms with Crippen molar-refractivity contribution in [2.75, 3.05) is 5.32 Å². The molecule has 1 N–H and O–H groups in total. The van der Waals surface area contributed by atoms with Crippen molar-refractivity contribution >= 4 is 43.0 Å². The van der Waals surface area contributed by atoms with Gasteiger partial charge in [0.2, 0.25) is 0 Å². The Morgan fingerprint density at radius 2 is 1.79 bits per heavy atom. The Morgan fingerprint density at radius 3 is 2.58 bits per heavy atom. The molecular formula is C16H14BrNS. The van der Waals surface area contributed by atoms with E-state index in [1.807, 2.05) is 23.5 Å². The van der Waals surface area contributed by atoms with E-state index < -0.39 is 0 Å².